The minimum atomic E-state index is 0.444. The molecule has 0 unspecified atom stereocenters. The first-order chi connectivity index (χ1) is 12.6. The number of rotatable bonds is 6. The SMILES string of the molecule is CCOc1ccccc1Nc1ncnc(Nc2cccc(C)c2C)c1N. The van der Waals surface area contributed by atoms with E-state index in [9.17, 15) is 0 Å². The van der Waals surface area contributed by atoms with Gasteiger partial charge in [-0.1, -0.05) is 24.3 Å². The van der Waals surface area contributed by atoms with Gasteiger partial charge in [-0.3, -0.25) is 0 Å². The van der Waals surface area contributed by atoms with Crippen LogP contribution < -0.4 is 21.1 Å². The van der Waals surface area contributed by atoms with Crippen LogP contribution in [0.5, 0.6) is 5.75 Å². The van der Waals surface area contributed by atoms with Crippen molar-refractivity contribution in [3.8, 4) is 5.75 Å². The molecule has 0 saturated heterocycles. The van der Waals surface area contributed by atoms with Crippen molar-refractivity contribution in [3.63, 3.8) is 0 Å². The van der Waals surface area contributed by atoms with E-state index < -0.39 is 0 Å². The van der Waals surface area contributed by atoms with Gasteiger partial charge in [0.15, 0.2) is 11.6 Å². The molecule has 0 amide bonds. The zero-order valence-electron chi connectivity index (χ0n) is 15.2. The summed E-state index contributed by atoms with van der Waals surface area (Å²) in [5, 5.41) is 6.54. The summed E-state index contributed by atoms with van der Waals surface area (Å²) in [5.74, 6) is 1.84. The molecule has 2 aromatic carbocycles. The Kier molecular flexibility index (Phi) is 5.22. The number of nitrogen functional groups attached to an aromatic ring is 1. The number of aryl methyl sites for hydroxylation is 1. The molecule has 0 atom stereocenters. The zero-order valence-corrected chi connectivity index (χ0v) is 15.2. The number of hydrogen-bond donors (Lipinski definition) is 3. The van der Waals surface area contributed by atoms with Gasteiger partial charge in [0, 0.05) is 5.69 Å². The molecular formula is C20H23N5O. The van der Waals surface area contributed by atoms with Crippen molar-refractivity contribution in [2.75, 3.05) is 23.0 Å². The van der Waals surface area contributed by atoms with Crippen LogP contribution in [0.2, 0.25) is 0 Å². The minimum Gasteiger partial charge on any atom is -0.492 e. The summed E-state index contributed by atoms with van der Waals surface area (Å²) in [5.41, 5.74) is 10.9. The molecule has 4 N–H and O–H groups in total. The first-order valence-electron chi connectivity index (χ1n) is 8.52. The summed E-state index contributed by atoms with van der Waals surface area (Å²) in [6, 6.07) is 13.7. The summed E-state index contributed by atoms with van der Waals surface area (Å²) >= 11 is 0. The maximum absolute atomic E-state index is 6.30. The van der Waals surface area contributed by atoms with Crippen LogP contribution in [-0.4, -0.2) is 16.6 Å². The van der Waals surface area contributed by atoms with E-state index >= 15 is 0 Å². The van der Waals surface area contributed by atoms with E-state index in [-0.39, 0.29) is 0 Å². The predicted molar refractivity (Wildman–Crippen MR) is 107 cm³/mol. The Bertz CT molecular complexity index is 910. The molecule has 3 aromatic rings. The lowest BCUT2D eigenvalue weighted by atomic mass is 10.1. The van der Waals surface area contributed by atoms with Crippen LogP contribution in [0.25, 0.3) is 0 Å². The maximum atomic E-state index is 6.30. The zero-order chi connectivity index (χ0) is 18.5. The molecule has 0 spiro atoms. The van der Waals surface area contributed by atoms with Crippen LogP contribution >= 0.6 is 0 Å². The van der Waals surface area contributed by atoms with Crippen molar-refractivity contribution in [2.24, 2.45) is 0 Å². The van der Waals surface area contributed by atoms with E-state index in [1.807, 2.05) is 43.3 Å². The van der Waals surface area contributed by atoms with Crippen molar-refractivity contribution in [2.45, 2.75) is 20.8 Å². The minimum absolute atomic E-state index is 0.444. The van der Waals surface area contributed by atoms with Gasteiger partial charge in [0.05, 0.1) is 12.3 Å². The van der Waals surface area contributed by atoms with Crippen LogP contribution in [0.4, 0.5) is 28.7 Å². The quantitative estimate of drug-likeness (QED) is 0.605. The highest BCUT2D eigenvalue weighted by molar-refractivity contribution is 5.81. The van der Waals surface area contributed by atoms with E-state index in [0.717, 1.165) is 22.7 Å². The van der Waals surface area contributed by atoms with E-state index in [0.29, 0.717) is 23.9 Å². The number of nitrogens with two attached hydrogens (primary N) is 1. The number of hydrogen-bond acceptors (Lipinski definition) is 6. The third-order valence-electron chi connectivity index (χ3n) is 4.18. The summed E-state index contributed by atoms with van der Waals surface area (Å²) in [6.07, 6.45) is 1.48. The van der Waals surface area contributed by atoms with Crippen LogP contribution in [0, 0.1) is 13.8 Å². The molecule has 0 fully saturated rings. The summed E-state index contributed by atoms with van der Waals surface area (Å²) < 4.78 is 5.64. The number of aromatic nitrogens is 2. The second-order valence-corrected chi connectivity index (χ2v) is 5.91. The number of nitrogens with one attached hydrogen (secondary N) is 2. The highest BCUT2D eigenvalue weighted by Crippen LogP contribution is 2.32. The van der Waals surface area contributed by atoms with Crippen LogP contribution in [0.3, 0.4) is 0 Å². The van der Waals surface area contributed by atoms with Crippen LogP contribution in [-0.2, 0) is 0 Å². The Labute approximate surface area is 153 Å². The van der Waals surface area contributed by atoms with Gasteiger partial charge in [0.25, 0.3) is 0 Å². The number of anilines is 5. The summed E-state index contributed by atoms with van der Waals surface area (Å²) in [6.45, 7) is 6.66. The second kappa shape index (κ2) is 7.74. The van der Waals surface area contributed by atoms with Gasteiger partial charge < -0.3 is 21.1 Å². The number of ether oxygens (including phenoxy) is 1. The van der Waals surface area contributed by atoms with E-state index in [2.05, 4.69) is 40.5 Å². The number of benzene rings is 2. The molecule has 0 aliphatic carbocycles. The maximum Gasteiger partial charge on any atom is 0.159 e. The third-order valence-corrected chi connectivity index (χ3v) is 4.18. The van der Waals surface area contributed by atoms with Gasteiger partial charge in [-0.2, -0.15) is 0 Å². The molecule has 6 nitrogen and oxygen atoms in total. The fourth-order valence-corrected chi connectivity index (χ4v) is 2.59. The average Bonchev–Trinajstić information content (AvgIpc) is 2.64. The molecule has 0 bridgehead atoms. The van der Waals surface area contributed by atoms with Crippen LogP contribution in [0.15, 0.2) is 48.8 Å². The largest absolute Gasteiger partial charge is 0.492 e. The number of para-hydroxylation sites is 2. The Morgan fingerprint density at radius 2 is 1.58 bits per heavy atom. The molecule has 1 heterocycles. The molecule has 6 heteroatoms. The topological polar surface area (TPSA) is 85.1 Å². The van der Waals surface area contributed by atoms with E-state index in [4.69, 9.17) is 10.5 Å². The average molecular weight is 349 g/mol. The smallest absolute Gasteiger partial charge is 0.159 e. The lowest BCUT2D eigenvalue weighted by molar-refractivity contribution is 0.342. The molecule has 0 aliphatic heterocycles. The highest BCUT2D eigenvalue weighted by Gasteiger charge is 2.12. The predicted octanol–water partition coefficient (Wildman–Crippen LogP) is 4.56. The molecule has 26 heavy (non-hydrogen) atoms. The third kappa shape index (κ3) is 3.69. The Hall–Kier alpha value is -3.28. The molecular weight excluding hydrogens is 326 g/mol. The molecule has 1 aromatic heterocycles. The van der Waals surface area contributed by atoms with Crippen molar-refractivity contribution >= 4 is 28.7 Å². The van der Waals surface area contributed by atoms with E-state index in [1.165, 1.54) is 11.9 Å². The second-order valence-electron chi connectivity index (χ2n) is 5.91. The first-order valence-corrected chi connectivity index (χ1v) is 8.52. The fraction of sp³-hybridized carbons (Fsp3) is 0.200. The Balaban J connectivity index is 1.89. The summed E-state index contributed by atoms with van der Waals surface area (Å²) in [7, 11) is 0. The van der Waals surface area contributed by atoms with E-state index in [1.54, 1.807) is 0 Å². The van der Waals surface area contributed by atoms with Gasteiger partial charge in [0.1, 0.15) is 17.8 Å². The van der Waals surface area contributed by atoms with Gasteiger partial charge in [-0.05, 0) is 50.1 Å². The molecule has 0 radical (unpaired) electrons. The Morgan fingerprint density at radius 3 is 2.31 bits per heavy atom. The molecule has 3 rings (SSSR count). The van der Waals surface area contributed by atoms with Crippen molar-refractivity contribution < 1.29 is 4.74 Å². The van der Waals surface area contributed by atoms with Gasteiger partial charge in [-0.25, -0.2) is 9.97 Å². The lowest BCUT2D eigenvalue weighted by Gasteiger charge is -2.16. The standard InChI is InChI=1S/C20H23N5O/c1-4-26-17-11-6-5-9-16(17)25-20-18(21)19(22-12-23-20)24-15-10-7-8-13(2)14(15)3/h5-12H,4,21H2,1-3H3,(H2,22,23,24,25). The van der Waals surface area contributed by atoms with Crippen LogP contribution in [0.1, 0.15) is 18.1 Å². The van der Waals surface area contributed by atoms with Crippen molar-refractivity contribution in [1.29, 1.82) is 0 Å². The monoisotopic (exact) mass is 349 g/mol. The van der Waals surface area contributed by atoms with Gasteiger partial charge in [-0.15, -0.1) is 0 Å². The molecule has 134 valence electrons. The van der Waals surface area contributed by atoms with Gasteiger partial charge >= 0.3 is 0 Å². The number of nitrogens with zero attached hydrogens (tertiary/aromatic N) is 2. The normalized spacial score (nSPS) is 10.4. The van der Waals surface area contributed by atoms with Crippen molar-refractivity contribution in [3.05, 3.63) is 59.9 Å². The summed E-state index contributed by atoms with van der Waals surface area (Å²) in [4.78, 5) is 8.56. The molecule has 0 aliphatic rings. The van der Waals surface area contributed by atoms with Gasteiger partial charge in [0.2, 0.25) is 0 Å². The highest BCUT2D eigenvalue weighted by atomic mass is 16.5. The molecule has 0 saturated carbocycles. The fourth-order valence-electron chi connectivity index (χ4n) is 2.59. The van der Waals surface area contributed by atoms with Crippen molar-refractivity contribution in [1.82, 2.24) is 9.97 Å². The Morgan fingerprint density at radius 1 is 0.923 bits per heavy atom. The lowest BCUT2D eigenvalue weighted by Crippen LogP contribution is -2.06. The first kappa shape index (κ1) is 17.5.